The number of hydrogen-bond acceptors (Lipinski definition) is 6. The molecule has 0 radical (unpaired) electrons. The molecule has 0 fully saturated rings. The van der Waals surface area contributed by atoms with Gasteiger partial charge in [-0.1, -0.05) is 19.9 Å². The van der Waals surface area contributed by atoms with Gasteiger partial charge in [-0.05, 0) is 82.2 Å². The molecule has 0 N–H and O–H groups in total. The summed E-state index contributed by atoms with van der Waals surface area (Å²) in [6.45, 7) is 10.4. The number of ketones is 1. The zero-order valence-corrected chi connectivity index (χ0v) is 20.2. The highest BCUT2D eigenvalue weighted by Gasteiger charge is 2.23. The van der Waals surface area contributed by atoms with Crippen molar-refractivity contribution in [2.45, 2.75) is 47.5 Å². The van der Waals surface area contributed by atoms with Crippen LogP contribution in [0.3, 0.4) is 0 Å². The van der Waals surface area contributed by atoms with Crippen molar-refractivity contribution >= 4 is 17.8 Å². The second-order valence-corrected chi connectivity index (χ2v) is 8.53. The number of benzene rings is 2. The molecule has 0 unspecified atom stereocenters. The first-order valence-electron chi connectivity index (χ1n) is 11.3. The normalized spacial score (nSPS) is 11.3. The van der Waals surface area contributed by atoms with Crippen LogP contribution in [0.5, 0.6) is 17.2 Å². The standard InChI is InChI=1S/C27H34O6/c1-6-17-30-24-9-8-10-25(31-18-7-2)22(24)15-16-23(28)20-11-13-21(14-12-20)32-19-33-26(29)27(3,4)5/h8-16H,6-7,17-19H2,1-5H3. The van der Waals surface area contributed by atoms with Crippen LogP contribution in [0.2, 0.25) is 0 Å². The van der Waals surface area contributed by atoms with Crippen LogP contribution in [-0.2, 0) is 9.53 Å². The predicted octanol–water partition coefficient (Wildman–Crippen LogP) is 6.09. The van der Waals surface area contributed by atoms with E-state index in [1.807, 2.05) is 32.0 Å². The first-order chi connectivity index (χ1) is 15.8. The SMILES string of the molecule is CCCOc1cccc(OCCC)c1C=CC(=O)c1ccc(OCOC(=O)C(C)(C)C)cc1. The molecule has 0 amide bonds. The first kappa shape index (κ1) is 26.0. The highest BCUT2D eigenvalue weighted by molar-refractivity contribution is 6.07. The predicted molar refractivity (Wildman–Crippen MR) is 129 cm³/mol. The molecule has 0 heterocycles. The van der Waals surface area contributed by atoms with E-state index in [2.05, 4.69) is 0 Å². The molecule has 0 atom stereocenters. The summed E-state index contributed by atoms with van der Waals surface area (Å²) < 4.78 is 22.2. The Balaban J connectivity index is 2.07. The number of rotatable bonds is 12. The molecule has 2 rings (SSSR count). The number of ether oxygens (including phenoxy) is 4. The number of carbonyl (C=O) groups excluding carboxylic acids is 2. The van der Waals surface area contributed by atoms with Gasteiger partial charge in [0, 0.05) is 5.56 Å². The maximum atomic E-state index is 12.7. The third-order valence-corrected chi connectivity index (χ3v) is 4.52. The highest BCUT2D eigenvalue weighted by atomic mass is 16.7. The highest BCUT2D eigenvalue weighted by Crippen LogP contribution is 2.30. The zero-order chi connectivity index (χ0) is 24.3. The summed E-state index contributed by atoms with van der Waals surface area (Å²) in [5, 5.41) is 0. The van der Waals surface area contributed by atoms with Crippen LogP contribution in [0.25, 0.3) is 6.08 Å². The molecule has 0 spiro atoms. The molecule has 2 aromatic carbocycles. The molecule has 0 saturated carbocycles. The van der Waals surface area contributed by atoms with E-state index in [0.717, 1.165) is 18.4 Å². The molecule has 0 aromatic heterocycles. The Labute approximate surface area is 196 Å². The molecule has 178 valence electrons. The Kier molecular flexibility index (Phi) is 9.98. The largest absolute Gasteiger partial charge is 0.493 e. The fourth-order valence-electron chi connectivity index (χ4n) is 2.70. The molecular formula is C27H34O6. The van der Waals surface area contributed by atoms with E-state index in [4.69, 9.17) is 18.9 Å². The number of esters is 1. The van der Waals surface area contributed by atoms with Crippen molar-refractivity contribution < 1.29 is 28.5 Å². The maximum absolute atomic E-state index is 12.7. The van der Waals surface area contributed by atoms with Gasteiger partial charge in [0.25, 0.3) is 0 Å². The van der Waals surface area contributed by atoms with Crippen molar-refractivity contribution in [3.05, 3.63) is 59.7 Å². The summed E-state index contributed by atoms with van der Waals surface area (Å²) in [5.74, 6) is 1.37. The summed E-state index contributed by atoms with van der Waals surface area (Å²) in [7, 11) is 0. The van der Waals surface area contributed by atoms with Crippen LogP contribution in [0, 0.1) is 5.41 Å². The lowest BCUT2D eigenvalue weighted by Gasteiger charge is -2.16. The van der Waals surface area contributed by atoms with Crippen molar-refractivity contribution in [2.24, 2.45) is 5.41 Å². The van der Waals surface area contributed by atoms with E-state index in [1.54, 1.807) is 51.1 Å². The Hall–Kier alpha value is -3.28. The molecule has 0 saturated heterocycles. The summed E-state index contributed by atoms with van der Waals surface area (Å²) in [6.07, 6.45) is 5.00. The molecule has 6 nitrogen and oxygen atoms in total. The Morgan fingerprint density at radius 3 is 1.94 bits per heavy atom. The maximum Gasteiger partial charge on any atom is 0.314 e. The van der Waals surface area contributed by atoms with E-state index in [1.165, 1.54) is 6.08 Å². The second-order valence-electron chi connectivity index (χ2n) is 8.53. The van der Waals surface area contributed by atoms with Gasteiger partial charge >= 0.3 is 5.97 Å². The van der Waals surface area contributed by atoms with Crippen LogP contribution in [0.1, 0.15) is 63.4 Å². The van der Waals surface area contributed by atoms with E-state index >= 15 is 0 Å². The van der Waals surface area contributed by atoms with Gasteiger partial charge < -0.3 is 18.9 Å². The molecule has 33 heavy (non-hydrogen) atoms. The number of carbonyl (C=O) groups is 2. The molecule has 0 bridgehead atoms. The smallest absolute Gasteiger partial charge is 0.314 e. The van der Waals surface area contributed by atoms with Crippen LogP contribution < -0.4 is 14.2 Å². The molecule has 0 aliphatic carbocycles. The minimum Gasteiger partial charge on any atom is -0.493 e. The molecule has 0 aliphatic heterocycles. The van der Waals surface area contributed by atoms with Crippen molar-refractivity contribution in [1.29, 1.82) is 0 Å². The first-order valence-corrected chi connectivity index (χ1v) is 11.3. The average Bonchev–Trinajstić information content (AvgIpc) is 2.80. The number of allylic oxidation sites excluding steroid dienone is 1. The van der Waals surface area contributed by atoms with Crippen molar-refractivity contribution in [2.75, 3.05) is 20.0 Å². The van der Waals surface area contributed by atoms with Gasteiger partial charge in [-0.25, -0.2) is 0 Å². The molecule has 6 heteroatoms. The number of hydrogen-bond donors (Lipinski definition) is 0. The van der Waals surface area contributed by atoms with Crippen molar-refractivity contribution in [1.82, 2.24) is 0 Å². The lowest BCUT2D eigenvalue weighted by molar-refractivity contribution is -0.159. The van der Waals surface area contributed by atoms with Crippen molar-refractivity contribution in [3.63, 3.8) is 0 Å². The van der Waals surface area contributed by atoms with Crippen molar-refractivity contribution in [3.8, 4) is 17.2 Å². The van der Waals surface area contributed by atoms with Gasteiger partial charge in [-0.15, -0.1) is 0 Å². The summed E-state index contributed by atoms with van der Waals surface area (Å²) >= 11 is 0. The monoisotopic (exact) mass is 454 g/mol. The lowest BCUT2D eigenvalue weighted by Crippen LogP contribution is -2.24. The lowest BCUT2D eigenvalue weighted by atomic mass is 9.98. The van der Waals surface area contributed by atoms with E-state index < -0.39 is 5.41 Å². The molecule has 2 aromatic rings. The van der Waals surface area contributed by atoms with Gasteiger partial charge in [-0.2, -0.15) is 0 Å². The average molecular weight is 455 g/mol. The van der Waals surface area contributed by atoms with Crippen LogP contribution in [-0.4, -0.2) is 31.8 Å². The Morgan fingerprint density at radius 1 is 0.848 bits per heavy atom. The molecular weight excluding hydrogens is 420 g/mol. The second kappa shape index (κ2) is 12.7. The third-order valence-electron chi connectivity index (χ3n) is 4.52. The van der Waals surface area contributed by atoms with E-state index in [9.17, 15) is 9.59 Å². The van der Waals surface area contributed by atoms with Gasteiger partial charge in [-0.3, -0.25) is 9.59 Å². The quantitative estimate of drug-likeness (QED) is 0.167. The summed E-state index contributed by atoms with van der Waals surface area (Å²) in [5.41, 5.74) is 0.662. The minimum atomic E-state index is -0.590. The Morgan fingerprint density at radius 2 is 1.42 bits per heavy atom. The van der Waals surface area contributed by atoms with Gasteiger partial charge in [0.1, 0.15) is 17.2 Å². The van der Waals surface area contributed by atoms with Crippen LogP contribution in [0.4, 0.5) is 0 Å². The topological polar surface area (TPSA) is 71.1 Å². The molecule has 0 aliphatic rings. The third kappa shape index (κ3) is 8.29. The van der Waals surface area contributed by atoms with E-state index in [-0.39, 0.29) is 18.5 Å². The van der Waals surface area contributed by atoms with Gasteiger partial charge in [0.05, 0.1) is 24.2 Å². The minimum absolute atomic E-state index is 0.160. The van der Waals surface area contributed by atoms with Crippen LogP contribution >= 0.6 is 0 Å². The van der Waals surface area contributed by atoms with E-state index in [0.29, 0.717) is 36.0 Å². The Bertz CT molecular complexity index is 912. The fourth-order valence-corrected chi connectivity index (χ4v) is 2.70. The fraction of sp³-hybridized carbons (Fsp3) is 0.407. The van der Waals surface area contributed by atoms with Gasteiger partial charge in [0.15, 0.2) is 5.78 Å². The van der Waals surface area contributed by atoms with Crippen LogP contribution in [0.15, 0.2) is 48.5 Å². The summed E-state index contributed by atoms with van der Waals surface area (Å²) in [6, 6.07) is 12.3. The zero-order valence-electron chi connectivity index (χ0n) is 20.2. The summed E-state index contributed by atoms with van der Waals surface area (Å²) in [4.78, 5) is 24.5. The van der Waals surface area contributed by atoms with Gasteiger partial charge in [0.2, 0.25) is 6.79 Å².